The summed E-state index contributed by atoms with van der Waals surface area (Å²) in [5.74, 6) is -1.22. The lowest BCUT2D eigenvalue weighted by Crippen LogP contribution is -2.42. The molecule has 140 valence electrons. The highest BCUT2D eigenvalue weighted by Gasteiger charge is 2.44. The number of ether oxygens (including phenoxy) is 3. The molecule has 0 N–H and O–H groups in total. The summed E-state index contributed by atoms with van der Waals surface area (Å²) in [5.41, 5.74) is 0.773. The molecule has 2 aromatic carbocycles. The van der Waals surface area contributed by atoms with Gasteiger partial charge < -0.3 is 14.2 Å². The van der Waals surface area contributed by atoms with Crippen LogP contribution in [-0.4, -0.2) is 44.8 Å². The zero-order chi connectivity index (χ0) is 19.7. The van der Waals surface area contributed by atoms with Gasteiger partial charge in [0.25, 0.3) is 11.7 Å². The first kappa shape index (κ1) is 18.4. The van der Waals surface area contributed by atoms with Crippen molar-refractivity contribution in [1.29, 1.82) is 0 Å². The summed E-state index contributed by atoms with van der Waals surface area (Å²) in [6.45, 7) is 1.58. The zero-order valence-electron chi connectivity index (χ0n) is 15.4. The van der Waals surface area contributed by atoms with Crippen LogP contribution in [0.15, 0.2) is 36.4 Å². The molecule has 1 amide bonds. The number of methoxy groups -OCH3 is 3. The van der Waals surface area contributed by atoms with Crippen molar-refractivity contribution in [3.8, 4) is 17.2 Å². The van der Waals surface area contributed by atoms with Crippen molar-refractivity contribution >= 4 is 23.2 Å². The quantitative estimate of drug-likeness (QED) is 0.575. The Bertz CT molecular complexity index is 922. The van der Waals surface area contributed by atoms with Gasteiger partial charge in [0.15, 0.2) is 17.3 Å². The van der Waals surface area contributed by atoms with Crippen LogP contribution in [0.2, 0.25) is 0 Å². The van der Waals surface area contributed by atoms with E-state index in [1.54, 1.807) is 37.3 Å². The molecule has 0 saturated carbocycles. The third-order valence-electron chi connectivity index (χ3n) is 4.53. The van der Waals surface area contributed by atoms with Gasteiger partial charge in [0.1, 0.15) is 0 Å². The molecule has 7 nitrogen and oxygen atoms in total. The number of nitrogens with zero attached hydrogens (tertiary/aromatic N) is 1. The van der Waals surface area contributed by atoms with Gasteiger partial charge in [0, 0.05) is 11.6 Å². The highest BCUT2D eigenvalue weighted by molar-refractivity contribution is 6.53. The SMILES string of the molecule is COc1cc2c(c(OC)c1OC)C(=O)C(=O)N2C(C)C(=O)c1ccccc1. The van der Waals surface area contributed by atoms with E-state index in [2.05, 4.69) is 0 Å². The smallest absolute Gasteiger partial charge is 0.300 e. The van der Waals surface area contributed by atoms with Crippen molar-refractivity contribution in [2.75, 3.05) is 26.2 Å². The van der Waals surface area contributed by atoms with Crippen molar-refractivity contribution in [1.82, 2.24) is 0 Å². The van der Waals surface area contributed by atoms with Crippen molar-refractivity contribution in [2.24, 2.45) is 0 Å². The van der Waals surface area contributed by atoms with E-state index in [0.29, 0.717) is 11.3 Å². The summed E-state index contributed by atoms with van der Waals surface area (Å²) in [7, 11) is 4.22. The van der Waals surface area contributed by atoms with Gasteiger partial charge in [0.2, 0.25) is 5.75 Å². The second-order valence-electron chi connectivity index (χ2n) is 5.95. The van der Waals surface area contributed by atoms with Gasteiger partial charge in [-0.15, -0.1) is 0 Å². The molecule has 1 aliphatic rings. The molecule has 0 fully saturated rings. The number of amides is 1. The number of carbonyl (C=O) groups excluding carboxylic acids is 3. The minimum Gasteiger partial charge on any atom is -0.493 e. The standard InChI is InChI=1S/C20H19NO6/c1-11(16(22)12-8-6-5-7-9-12)21-13-10-14(25-2)18(26-3)19(27-4)15(13)17(23)20(21)24/h5-11H,1-4H3. The Balaban J connectivity index is 2.15. The molecule has 2 aromatic rings. The number of rotatable bonds is 6. The fourth-order valence-electron chi connectivity index (χ4n) is 3.22. The van der Waals surface area contributed by atoms with E-state index >= 15 is 0 Å². The minimum atomic E-state index is -0.882. The number of benzene rings is 2. The fourth-order valence-corrected chi connectivity index (χ4v) is 3.22. The van der Waals surface area contributed by atoms with Crippen LogP contribution < -0.4 is 19.1 Å². The summed E-state index contributed by atoms with van der Waals surface area (Å²) < 4.78 is 15.9. The average Bonchev–Trinajstić information content (AvgIpc) is 2.96. The van der Waals surface area contributed by atoms with E-state index in [9.17, 15) is 14.4 Å². The van der Waals surface area contributed by atoms with Gasteiger partial charge in [-0.05, 0) is 6.92 Å². The molecule has 0 spiro atoms. The van der Waals surface area contributed by atoms with E-state index in [0.717, 1.165) is 0 Å². The molecule has 1 atom stereocenters. The summed E-state index contributed by atoms with van der Waals surface area (Å²) in [5, 5.41) is 0. The summed E-state index contributed by atoms with van der Waals surface area (Å²) in [6, 6.07) is 9.23. The highest BCUT2D eigenvalue weighted by Crippen LogP contribution is 2.48. The van der Waals surface area contributed by atoms with E-state index in [-0.39, 0.29) is 28.5 Å². The molecule has 0 bridgehead atoms. The third kappa shape index (κ3) is 2.81. The monoisotopic (exact) mass is 369 g/mol. The zero-order valence-corrected chi connectivity index (χ0v) is 15.4. The predicted molar refractivity (Wildman–Crippen MR) is 98.1 cm³/mol. The first-order valence-corrected chi connectivity index (χ1v) is 8.26. The van der Waals surface area contributed by atoms with E-state index in [1.807, 2.05) is 0 Å². The van der Waals surface area contributed by atoms with Gasteiger partial charge in [-0.3, -0.25) is 19.3 Å². The van der Waals surface area contributed by atoms with Crippen molar-refractivity contribution in [3.05, 3.63) is 47.5 Å². The summed E-state index contributed by atoms with van der Waals surface area (Å²) in [4.78, 5) is 39.3. The number of hydrogen-bond donors (Lipinski definition) is 0. The second kappa shape index (κ2) is 7.11. The van der Waals surface area contributed by atoms with Crippen LogP contribution in [0.3, 0.4) is 0 Å². The van der Waals surface area contributed by atoms with Gasteiger partial charge in [-0.2, -0.15) is 0 Å². The lowest BCUT2D eigenvalue weighted by molar-refractivity contribution is -0.114. The van der Waals surface area contributed by atoms with Crippen LogP contribution in [0.1, 0.15) is 27.6 Å². The molecule has 0 aromatic heterocycles. The normalized spacial score (nSPS) is 14.0. The number of ketones is 2. The maximum atomic E-state index is 12.8. The molecule has 1 aliphatic heterocycles. The number of fused-ring (bicyclic) bond motifs is 1. The molecule has 27 heavy (non-hydrogen) atoms. The van der Waals surface area contributed by atoms with Gasteiger partial charge in [0.05, 0.1) is 38.6 Å². The molecule has 0 aliphatic carbocycles. The lowest BCUT2D eigenvalue weighted by atomic mass is 10.0. The van der Waals surface area contributed by atoms with Crippen LogP contribution in [0.4, 0.5) is 5.69 Å². The van der Waals surface area contributed by atoms with E-state index in [1.165, 1.54) is 32.3 Å². The van der Waals surface area contributed by atoms with Crippen LogP contribution in [0.5, 0.6) is 17.2 Å². The molecular weight excluding hydrogens is 350 g/mol. The largest absolute Gasteiger partial charge is 0.493 e. The Morgan fingerprint density at radius 2 is 1.59 bits per heavy atom. The predicted octanol–water partition coefficient (Wildman–Crippen LogP) is 2.51. The van der Waals surface area contributed by atoms with Crippen LogP contribution >= 0.6 is 0 Å². The molecular formula is C20H19NO6. The molecule has 1 heterocycles. The first-order chi connectivity index (χ1) is 13.0. The van der Waals surface area contributed by atoms with Crippen LogP contribution in [-0.2, 0) is 4.79 Å². The second-order valence-corrected chi connectivity index (χ2v) is 5.95. The first-order valence-electron chi connectivity index (χ1n) is 8.26. The average molecular weight is 369 g/mol. The molecule has 0 saturated heterocycles. The number of hydrogen-bond acceptors (Lipinski definition) is 6. The maximum absolute atomic E-state index is 12.8. The topological polar surface area (TPSA) is 82.1 Å². The van der Waals surface area contributed by atoms with Crippen LogP contribution in [0.25, 0.3) is 0 Å². The summed E-state index contributed by atoms with van der Waals surface area (Å²) in [6.07, 6.45) is 0. The molecule has 7 heteroatoms. The number of Topliss-reactive ketones (excluding diaryl/α,β-unsaturated/α-hetero) is 2. The maximum Gasteiger partial charge on any atom is 0.300 e. The molecule has 3 rings (SSSR count). The number of anilines is 1. The Hall–Kier alpha value is -3.35. The third-order valence-corrected chi connectivity index (χ3v) is 4.53. The Kier molecular flexibility index (Phi) is 4.85. The Morgan fingerprint density at radius 3 is 2.15 bits per heavy atom. The van der Waals surface area contributed by atoms with Gasteiger partial charge >= 0.3 is 0 Å². The van der Waals surface area contributed by atoms with Crippen molar-refractivity contribution < 1.29 is 28.6 Å². The van der Waals surface area contributed by atoms with E-state index < -0.39 is 17.7 Å². The lowest BCUT2D eigenvalue weighted by Gasteiger charge is -2.24. The highest BCUT2D eigenvalue weighted by atomic mass is 16.5. The Labute approximate surface area is 156 Å². The number of carbonyl (C=O) groups is 3. The molecule has 0 radical (unpaired) electrons. The van der Waals surface area contributed by atoms with Crippen LogP contribution in [0, 0.1) is 0 Å². The van der Waals surface area contributed by atoms with Crippen molar-refractivity contribution in [2.45, 2.75) is 13.0 Å². The fraction of sp³-hybridized carbons (Fsp3) is 0.250. The van der Waals surface area contributed by atoms with Gasteiger partial charge in [-0.25, -0.2) is 0 Å². The van der Waals surface area contributed by atoms with Crippen molar-refractivity contribution in [3.63, 3.8) is 0 Å². The molecule has 1 unspecified atom stereocenters. The Morgan fingerprint density at radius 1 is 0.963 bits per heavy atom. The minimum absolute atomic E-state index is 0.0628. The van der Waals surface area contributed by atoms with Gasteiger partial charge in [-0.1, -0.05) is 30.3 Å². The summed E-state index contributed by atoms with van der Waals surface area (Å²) >= 11 is 0. The van der Waals surface area contributed by atoms with E-state index in [4.69, 9.17) is 14.2 Å².